The molecule has 0 aliphatic carbocycles. The third kappa shape index (κ3) is 3.10. The molecule has 1 rings (SSSR count). The Morgan fingerprint density at radius 3 is 3.14 bits per heavy atom. The molecule has 76 valence electrons. The van der Waals surface area contributed by atoms with Crippen molar-refractivity contribution in [2.75, 3.05) is 13.1 Å². The molecule has 1 N–H and O–H groups in total. The van der Waals surface area contributed by atoms with Crippen LogP contribution in [0.15, 0.2) is 19.0 Å². The van der Waals surface area contributed by atoms with E-state index in [2.05, 4.69) is 22.0 Å². The Morgan fingerprint density at radius 1 is 1.79 bits per heavy atom. The summed E-state index contributed by atoms with van der Waals surface area (Å²) in [6.45, 7) is 4.54. The molecule has 0 bridgehead atoms. The lowest BCUT2D eigenvalue weighted by Gasteiger charge is -2.00. The second-order valence-electron chi connectivity index (χ2n) is 2.93. The van der Waals surface area contributed by atoms with Crippen LogP contribution < -0.4 is 5.32 Å². The van der Waals surface area contributed by atoms with Crippen LogP contribution >= 0.6 is 0 Å². The molecule has 0 amide bonds. The molecule has 1 aromatic heterocycles. The molecule has 0 unspecified atom stereocenters. The summed E-state index contributed by atoms with van der Waals surface area (Å²) in [4.78, 5) is 15.3. The minimum atomic E-state index is 0.1000. The van der Waals surface area contributed by atoms with E-state index in [9.17, 15) is 4.79 Å². The van der Waals surface area contributed by atoms with Crippen LogP contribution in [0.5, 0.6) is 0 Å². The van der Waals surface area contributed by atoms with Crippen LogP contribution in [0.4, 0.5) is 0 Å². The maximum Gasteiger partial charge on any atom is 0.154 e. The number of rotatable bonds is 6. The summed E-state index contributed by atoms with van der Waals surface area (Å²) in [5.74, 6) is 0.790. The van der Waals surface area contributed by atoms with Crippen LogP contribution in [-0.2, 0) is 18.3 Å². The zero-order chi connectivity index (χ0) is 10.4. The van der Waals surface area contributed by atoms with E-state index < -0.39 is 0 Å². The molecule has 0 spiro atoms. The van der Waals surface area contributed by atoms with Crippen molar-refractivity contribution in [3.05, 3.63) is 24.8 Å². The van der Waals surface area contributed by atoms with Gasteiger partial charge >= 0.3 is 0 Å². The van der Waals surface area contributed by atoms with E-state index in [0.29, 0.717) is 25.3 Å². The fourth-order valence-electron chi connectivity index (χ4n) is 1.03. The minimum absolute atomic E-state index is 0.1000. The molecule has 5 nitrogen and oxygen atoms in total. The number of hydrogen-bond acceptors (Lipinski definition) is 4. The summed E-state index contributed by atoms with van der Waals surface area (Å²) in [7, 11) is 1.77. The molecule has 0 saturated carbocycles. The van der Waals surface area contributed by atoms with Gasteiger partial charge in [0.1, 0.15) is 12.2 Å². The molecule has 0 aliphatic heterocycles. The molecule has 0 aromatic carbocycles. The maximum atomic E-state index is 11.4. The average Bonchev–Trinajstić information content (AvgIpc) is 2.52. The lowest BCUT2D eigenvalue weighted by molar-refractivity contribution is -0.117. The Kier molecular flexibility index (Phi) is 4.00. The number of aryl methyl sites for hydroxylation is 1. The second kappa shape index (κ2) is 5.29. The Hall–Kier alpha value is -1.49. The molecule has 14 heavy (non-hydrogen) atoms. The normalized spacial score (nSPS) is 10.1. The number of Topliss-reactive ketones (excluding diaryl/α,β-unsaturated/α-hetero) is 1. The van der Waals surface area contributed by atoms with Crippen LogP contribution in [-0.4, -0.2) is 33.6 Å². The van der Waals surface area contributed by atoms with E-state index in [1.807, 2.05) is 0 Å². The fraction of sp³-hybridized carbons (Fsp3) is 0.444. The predicted molar refractivity (Wildman–Crippen MR) is 52.8 cm³/mol. The van der Waals surface area contributed by atoms with Crippen molar-refractivity contribution in [1.29, 1.82) is 0 Å². The highest BCUT2D eigenvalue weighted by molar-refractivity contribution is 5.82. The van der Waals surface area contributed by atoms with Gasteiger partial charge in [-0.1, -0.05) is 6.08 Å². The van der Waals surface area contributed by atoms with Crippen molar-refractivity contribution in [2.45, 2.75) is 6.42 Å². The largest absolute Gasteiger partial charge is 0.307 e. The van der Waals surface area contributed by atoms with E-state index in [0.717, 1.165) is 0 Å². The summed E-state index contributed by atoms with van der Waals surface area (Å²) in [5.41, 5.74) is 0. The summed E-state index contributed by atoms with van der Waals surface area (Å²) >= 11 is 0. The van der Waals surface area contributed by atoms with Crippen molar-refractivity contribution in [3.8, 4) is 0 Å². The van der Waals surface area contributed by atoms with Crippen LogP contribution in [0, 0.1) is 0 Å². The van der Waals surface area contributed by atoms with E-state index in [1.54, 1.807) is 17.8 Å². The molecular weight excluding hydrogens is 180 g/mol. The summed E-state index contributed by atoms with van der Waals surface area (Å²) in [5, 5.41) is 6.82. The van der Waals surface area contributed by atoms with Crippen LogP contribution in [0.3, 0.4) is 0 Å². The Morgan fingerprint density at radius 2 is 2.57 bits per heavy atom. The molecule has 0 aliphatic rings. The third-order valence-corrected chi connectivity index (χ3v) is 1.77. The highest BCUT2D eigenvalue weighted by atomic mass is 16.1. The highest BCUT2D eigenvalue weighted by Gasteiger charge is 2.06. The SMILES string of the molecule is C=CCNCC(=O)Cc1ncnn1C. The molecule has 0 atom stereocenters. The lowest BCUT2D eigenvalue weighted by Crippen LogP contribution is -2.25. The van der Waals surface area contributed by atoms with Crippen molar-refractivity contribution in [3.63, 3.8) is 0 Å². The number of nitrogens with zero attached hydrogens (tertiary/aromatic N) is 3. The first-order valence-electron chi connectivity index (χ1n) is 4.40. The van der Waals surface area contributed by atoms with Crippen molar-refractivity contribution < 1.29 is 4.79 Å². The first kappa shape index (κ1) is 10.6. The molecule has 5 heteroatoms. The zero-order valence-electron chi connectivity index (χ0n) is 8.23. The quantitative estimate of drug-likeness (QED) is 0.499. The Labute approximate surface area is 82.8 Å². The second-order valence-corrected chi connectivity index (χ2v) is 2.93. The van der Waals surface area contributed by atoms with E-state index in [1.165, 1.54) is 6.33 Å². The topological polar surface area (TPSA) is 59.8 Å². The van der Waals surface area contributed by atoms with Crippen LogP contribution in [0.1, 0.15) is 5.82 Å². The smallest absolute Gasteiger partial charge is 0.154 e. The monoisotopic (exact) mass is 194 g/mol. The summed E-state index contributed by atoms with van der Waals surface area (Å²) in [6, 6.07) is 0. The van der Waals surface area contributed by atoms with Gasteiger partial charge in [-0.2, -0.15) is 5.10 Å². The van der Waals surface area contributed by atoms with Gasteiger partial charge in [0, 0.05) is 13.6 Å². The number of ketones is 1. The number of carbonyl (C=O) groups is 1. The molecule has 0 radical (unpaired) electrons. The van der Waals surface area contributed by atoms with E-state index >= 15 is 0 Å². The van der Waals surface area contributed by atoms with Crippen molar-refractivity contribution >= 4 is 5.78 Å². The van der Waals surface area contributed by atoms with Gasteiger partial charge in [-0.3, -0.25) is 9.48 Å². The molecular formula is C9H14N4O. The molecule has 1 aromatic rings. The Bertz CT molecular complexity index is 318. The first-order chi connectivity index (χ1) is 6.74. The number of carbonyl (C=O) groups excluding carboxylic acids is 1. The third-order valence-electron chi connectivity index (χ3n) is 1.77. The fourth-order valence-corrected chi connectivity index (χ4v) is 1.03. The predicted octanol–water partition coefficient (Wildman–Crippen LogP) is -0.298. The van der Waals surface area contributed by atoms with Crippen LogP contribution in [0.25, 0.3) is 0 Å². The van der Waals surface area contributed by atoms with E-state index in [-0.39, 0.29) is 5.78 Å². The van der Waals surface area contributed by atoms with Gasteiger partial charge in [0.05, 0.1) is 13.0 Å². The van der Waals surface area contributed by atoms with Gasteiger partial charge in [-0.25, -0.2) is 4.98 Å². The van der Waals surface area contributed by atoms with Gasteiger partial charge < -0.3 is 5.32 Å². The van der Waals surface area contributed by atoms with Gasteiger partial charge in [0.15, 0.2) is 5.78 Å². The molecule has 1 heterocycles. The maximum absolute atomic E-state index is 11.4. The standard InChI is InChI=1S/C9H14N4O/c1-3-4-10-6-8(14)5-9-11-7-12-13(9)2/h3,7,10H,1,4-6H2,2H3. The molecule has 0 saturated heterocycles. The number of hydrogen-bond donors (Lipinski definition) is 1. The lowest BCUT2D eigenvalue weighted by atomic mass is 10.2. The summed E-state index contributed by atoms with van der Waals surface area (Å²) < 4.78 is 1.60. The summed E-state index contributed by atoms with van der Waals surface area (Å²) in [6.07, 6.45) is 3.48. The van der Waals surface area contributed by atoms with Crippen LogP contribution in [0.2, 0.25) is 0 Å². The zero-order valence-corrected chi connectivity index (χ0v) is 8.23. The first-order valence-corrected chi connectivity index (χ1v) is 4.40. The highest BCUT2D eigenvalue weighted by Crippen LogP contribution is 1.92. The average molecular weight is 194 g/mol. The number of aromatic nitrogens is 3. The van der Waals surface area contributed by atoms with Gasteiger partial charge in [-0.05, 0) is 0 Å². The molecule has 0 fully saturated rings. The minimum Gasteiger partial charge on any atom is -0.307 e. The van der Waals surface area contributed by atoms with Crippen molar-refractivity contribution in [1.82, 2.24) is 20.1 Å². The van der Waals surface area contributed by atoms with Gasteiger partial charge in [0.25, 0.3) is 0 Å². The van der Waals surface area contributed by atoms with Gasteiger partial charge in [0.2, 0.25) is 0 Å². The van der Waals surface area contributed by atoms with E-state index in [4.69, 9.17) is 0 Å². The van der Waals surface area contributed by atoms with Crippen molar-refractivity contribution in [2.24, 2.45) is 7.05 Å². The number of nitrogens with one attached hydrogen (secondary N) is 1. The van der Waals surface area contributed by atoms with Gasteiger partial charge in [-0.15, -0.1) is 6.58 Å². The Balaban J connectivity index is 2.34.